The summed E-state index contributed by atoms with van der Waals surface area (Å²) in [7, 11) is 0. The van der Waals surface area contributed by atoms with Gasteiger partial charge < -0.3 is 20.3 Å². The highest BCUT2D eigenvalue weighted by atomic mass is 16.5. The Hall–Kier alpha value is -1.92. The number of allylic oxidation sites excluding steroid dienone is 6. The van der Waals surface area contributed by atoms with Crippen LogP contribution in [0, 0.1) is 0 Å². The van der Waals surface area contributed by atoms with Crippen LogP contribution in [-0.2, 0) is 14.3 Å². The standard InChI is InChI=1S/C52H97NO5/c1-4-7-10-13-16-19-22-24-25-26-27-30-33-36-39-42-45-52(57)58-48(43-40-37-34-31-29-23-20-17-14-11-8-5-2)46-51(56)53-49(47-54)50(55)44-41-38-35-32-28-21-18-15-12-9-6-3/h8,11,17,20,25-26,48-50,54-55H,4-7,9-10,12-16,18-19,21-24,27-47H2,1-3H3,(H,53,56)/b11-8+,20-17+,26-25+. The van der Waals surface area contributed by atoms with Gasteiger partial charge in [-0.25, -0.2) is 0 Å². The summed E-state index contributed by atoms with van der Waals surface area (Å²) in [5, 5.41) is 23.7. The fraction of sp³-hybridized carbons (Fsp3) is 0.846. The van der Waals surface area contributed by atoms with Gasteiger partial charge in [-0.15, -0.1) is 0 Å². The topological polar surface area (TPSA) is 95.9 Å². The summed E-state index contributed by atoms with van der Waals surface area (Å²) in [4.78, 5) is 26.1. The molecule has 0 fully saturated rings. The molecule has 0 aromatic carbocycles. The molecule has 1 amide bonds. The number of ether oxygens (including phenoxy) is 1. The summed E-state index contributed by atoms with van der Waals surface area (Å²) in [6.45, 7) is 6.37. The number of hydrogen-bond donors (Lipinski definition) is 3. The second kappa shape index (κ2) is 46.2. The first-order valence-electron chi connectivity index (χ1n) is 25.2. The first kappa shape index (κ1) is 56.1. The quantitative estimate of drug-likeness (QED) is 0.0323. The number of rotatable bonds is 45. The Labute approximate surface area is 360 Å². The molecule has 0 spiro atoms. The molecule has 0 radical (unpaired) electrons. The van der Waals surface area contributed by atoms with E-state index in [4.69, 9.17) is 4.74 Å². The Kier molecular flexibility index (Phi) is 44.6. The number of carbonyl (C=O) groups is 2. The van der Waals surface area contributed by atoms with Gasteiger partial charge in [0.1, 0.15) is 6.10 Å². The molecular weight excluding hydrogens is 719 g/mol. The summed E-state index contributed by atoms with van der Waals surface area (Å²) in [5.41, 5.74) is 0. The van der Waals surface area contributed by atoms with Crippen molar-refractivity contribution in [1.29, 1.82) is 0 Å². The average Bonchev–Trinajstić information content (AvgIpc) is 3.22. The van der Waals surface area contributed by atoms with Crippen molar-refractivity contribution in [1.82, 2.24) is 5.32 Å². The van der Waals surface area contributed by atoms with Gasteiger partial charge in [-0.05, 0) is 77.0 Å². The highest BCUT2D eigenvalue weighted by molar-refractivity contribution is 5.77. The summed E-state index contributed by atoms with van der Waals surface area (Å²) in [6.07, 6.45) is 53.5. The maximum atomic E-state index is 13.2. The number of aliphatic hydroxyl groups is 2. The van der Waals surface area contributed by atoms with Crippen molar-refractivity contribution >= 4 is 11.9 Å². The third kappa shape index (κ3) is 40.8. The minimum Gasteiger partial charge on any atom is -0.462 e. The van der Waals surface area contributed by atoms with Crippen LogP contribution in [0.5, 0.6) is 0 Å². The fourth-order valence-electron chi connectivity index (χ4n) is 7.64. The summed E-state index contributed by atoms with van der Waals surface area (Å²) in [6, 6.07) is -0.704. The van der Waals surface area contributed by atoms with Gasteiger partial charge in [0.2, 0.25) is 5.91 Å². The van der Waals surface area contributed by atoms with Crippen LogP contribution in [-0.4, -0.2) is 46.9 Å². The third-order valence-electron chi connectivity index (χ3n) is 11.5. The van der Waals surface area contributed by atoms with Crippen LogP contribution in [0.15, 0.2) is 36.5 Å². The van der Waals surface area contributed by atoms with E-state index in [2.05, 4.69) is 62.5 Å². The van der Waals surface area contributed by atoms with Crippen LogP contribution in [0.25, 0.3) is 0 Å². The molecule has 0 heterocycles. The van der Waals surface area contributed by atoms with Gasteiger partial charge in [-0.1, -0.05) is 205 Å². The van der Waals surface area contributed by atoms with E-state index < -0.39 is 18.2 Å². The molecule has 0 aliphatic carbocycles. The molecule has 0 aliphatic heterocycles. The number of unbranched alkanes of at least 4 members (excludes halogenated alkanes) is 27. The number of esters is 1. The molecule has 3 atom stereocenters. The van der Waals surface area contributed by atoms with E-state index in [1.165, 1.54) is 128 Å². The van der Waals surface area contributed by atoms with Crippen LogP contribution in [0.2, 0.25) is 0 Å². The summed E-state index contributed by atoms with van der Waals surface area (Å²) >= 11 is 0. The van der Waals surface area contributed by atoms with E-state index in [1.807, 2.05) is 0 Å². The predicted molar refractivity (Wildman–Crippen MR) is 250 cm³/mol. The molecule has 0 aromatic heterocycles. The zero-order chi connectivity index (χ0) is 42.4. The first-order valence-corrected chi connectivity index (χ1v) is 25.2. The smallest absolute Gasteiger partial charge is 0.306 e. The maximum Gasteiger partial charge on any atom is 0.306 e. The summed E-state index contributed by atoms with van der Waals surface area (Å²) in [5.74, 6) is -0.492. The van der Waals surface area contributed by atoms with Crippen molar-refractivity contribution in [3.05, 3.63) is 36.5 Å². The Morgan fingerprint density at radius 1 is 0.517 bits per heavy atom. The number of nitrogens with one attached hydrogen (secondary N) is 1. The van der Waals surface area contributed by atoms with E-state index in [-0.39, 0.29) is 24.9 Å². The molecule has 0 saturated carbocycles. The molecule has 6 nitrogen and oxygen atoms in total. The molecule has 0 rings (SSSR count). The number of carbonyl (C=O) groups excluding carboxylic acids is 2. The fourth-order valence-corrected chi connectivity index (χ4v) is 7.64. The normalized spacial score (nSPS) is 13.5. The number of hydrogen-bond acceptors (Lipinski definition) is 5. The molecule has 3 N–H and O–H groups in total. The van der Waals surface area contributed by atoms with Crippen LogP contribution in [0.1, 0.15) is 258 Å². The lowest BCUT2D eigenvalue weighted by Gasteiger charge is -2.24. The van der Waals surface area contributed by atoms with Gasteiger partial charge in [0.15, 0.2) is 0 Å². The first-order chi connectivity index (χ1) is 28.5. The maximum absolute atomic E-state index is 13.2. The largest absolute Gasteiger partial charge is 0.462 e. The van der Waals surface area contributed by atoms with Crippen LogP contribution in [0.3, 0.4) is 0 Å². The second-order valence-electron chi connectivity index (χ2n) is 17.2. The minimum absolute atomic E-state index is 0.0666. The Morgan fingerprint density at radius 2 is 0.931 bits per heavy atom. The van der Waals surface area contributed by atoms with Gasteiger partial charge in [-0.2, -0.15) is 0 Å². The molecule has 0 saturated heterocycles. The number of amides is 1. The van der Waals surface area contributed by atoms with Crippen LogP contribution < -0.4 is 5.32 Å². The van der Waals surface area contributed by atoms with E-state index in [0.29, 0.717) is 19.3 Å². The lowest BCUT2D eigenvalue weighted by atomic mass is 10.0. The van der Waals surface area contributed by atoms with Gasteiger partial charge in [-0.3, -0.25) is 9.59 Å². The minimum atomic E-state index is -0.790. The zero-order valence-electron chi connectivity index (χ0n) is 38.7. The van der Waals surface area contributed by atoms with Crippen molar-refractivity contribution in [2.24, 2.45) is 0 Å². The Morgan fingerprint density at radius 3 is 1.41 bits per heavy atom. The van der Waals surface area contributed by atoms with Crippen LogP contribution in [0.4, 0.5) is 0 Å². The Bertz CT molecular complexity index is 961. The molecule has 340 valence electrons. The van der Waals surface area contributed by atoms with E-state index in [0.717, 1.165) is 83.5 Å². The predicted octanol–water partition coefficient (Wildman–Crippen LogP) is 14.9. The number of aliphatic hydroxyl groups excluding tert-OH is 2. The molecule has 6 heteroatoms. The van der Waals surface area contributed by atoms with Crippen molar-refractivity contribution in [2.75, 3.05) is 6.61 Å². The molecule has 0 bridgehead atoms. The van der Waals surface area contributed by atoms with Gasteiger partial charge >= 0.3 is 5.97 Å². The lowest BCUT2D eigenvalue weighted by molar-refractivity contribution is -0.151. The second-order valence-corrected chi connectivity index (χ2v) is 17.2. The molecule has 58 heavy (non-hydrogen) atoms. The van der Waals surface area contributed by atoms with Gasteiger partial charge in [0, 0.05) is 6.42 Å². The monoisotopic (exact) mass is 816 g/mol. The molecular formula is C52H97NO5. The van der Waals surface area contributed by atoms with Crippen LogP contribution >= 0.6 is 0 Å². The van der Waals surface area contributed by atoms with E-state index in [9.17, 15) is 19.8 Å². The molecule has 0 aromatic rings. The zero-order valence-corrected chi connectivity index (χ0v) is 38.7. The Balaban J connectivity index is 4.56. The lowest BCUT2D eigenvalue weighted by Crippen LogP contribution is -2.46. The van der Waals surface area contributed by atoms with E-state index in [1.54, 1.807) is 0 Å². The summed E-state index contributed by atoms with van der Waals surface area (Å²) < 4.78 is 5.92. The highest BCUT2D eigenvalue weighted by Crippen LogP contribution is 2.18. The molecule has 3 unspecified atom stereocenters. The third-order valence-corrected chi connectivity index (χ3v) is 11.5. The SMILES string of the molecule is CC/C=C/C/C=C/CCCCCCCC(CC(=O)NC(CO)C(O)CCCCCCCCCCCCC)OC(=O)CCCCCCC/C=C/CCCCCCCCC. The van der Waals surface area contributed by atoms with Gasteiger partial charge in [0.05, 0.1) is 25.2 Å². The van der Waals surface area contributed by atoms with Crippen molar-refractivity contribution < 1.29 is 24.5 Å². The average molecular weight is 816 g/mol. The van der Waals surface area contributed by atoms with E-state index >= 15 is 0 Å². The highest BCUT2D eigenvalue weighted by Gasteiger charge is 2.24. The van der Waals surface area contributed by atoms with Crippen molar-refractivity contribution in [3.8, 4) is 0 Å². The van der Waals surface area contributed by atoms with Crippen molar-refractivity contribution in [2.45, 2.75) is 277 Å². The van der Waals surface area contributed by atoms with Gasteiger partial charge in [0.25, 0.3) is 0 Å². The van der Waals surface area contributed by atoms with Crippen molar-refractivity contribution in [3.63, 3.8) is 0 Å². The molecule has 0 aliphatic rings.